The van der Waals surface area contributed by atoms with Crippen LogP contribution < -0.4 is 15.4 Å². The Morgan fingerprint density at radius 1 is 1.13 bits per heavy atom. The van der Waals surface area contributed by atoms with Crippen LogP contribution in [-0.2, 0) is 11.3 Å². The van der Waals surface area contributed by atoms with E-state index >= 15 is 0 Å². The molecule has 0 aliphatic heterocycles. The summed E-state index contributed by atoms with van der Waals surface area (Å²) in [6.45, 7) is -1.16. The molecule has 31 heavy (non-hydrogen) atoms. The molecule has 158 valence electrons. The number of fused-ring (bicyclic) bond motifs is 1. The number of carbonyl (C=O) groups excluding carboxylic acids is 1. The molecule has 4 rings (SSSR count). The standard InChI is InChI=1S/C22H19F2N5O2/c1-14(30)26-17-6-4-7-18(9-17)27-21-10-19-16(11-25-21)13-29(28-19)12-15-5-2-3-8-20(15)31-22(23)24/h2-11,13,22,27H,12H2,1H3,(H,26,30). The summed E-state index contributed by atoms with van der Waals surface area (Å²) in [6, 6.07) is 15.7. The number of anilines is 3. The molecule has 0 aliphatic rings. The van der Waals surface area contributed by atoms with Crippen LogP contribution in [0, 0.1) is 0 Å². The molecular formula is C22H19F2N5O2. The van der Waals surface area contributed by atoms with Crippen LogP contribution in [0.15, 0.2) is 67.0 Å². The van der Waals surface area contributed by atoms with Gasteiger partial charge in [0.2, 0.25) is 5.91 Å². The second kappa shape index (κ2) is 8.78. The SMILES string of the molecule is CC(=O)Nc1cccc(Nc2cc3nn(Cc4ccccc4OC(F)F)cc3cn2)c1. The lowest BCUT2D eigenvalue weighted by Crippen LogP contribution is -2.07. The summed E-state index contributed by atoms with van der Waals surface area (Å²) in [4.78, 5) is 15.6. The van der Waals surface area contributed by atoms with Gasteiger partial charge in [0.1, 0.15) is 11.6 Å². The summed E-state index contributed by atoms with van der Waals surface area (Å²) < 4.78 is 31.5. The first-order valence-electron chi connectivity index (χ1n) is 9.47. The van der Waals surface area contributed by atoms with Crippen LogP contribution >= 0.6 is 0 Å². The highest BCUT2D eigenvalue weighted by atomic mass is 19.3. The Balaban J connectivity index is 1.53. The molecule has 0 fully saturated rings. The van der Waals surface area contributed by atoms with Gasteiger partial charge in [0, 0.05) is 47.7 Å². The first-order valence-corrected chi connectivity index (χ1v) is 9.47. The van der Waals surface area contributed by atoms with Crippen molar-refractivity contribution < 1.29 is 18.3 Å². The van der Waals surface area contributed by atoms with Crippen molar-refractivity contribution in [3.63, 3.8) is 0 Å². The Hall–Kier alpha value is -4.01. The number of pyridine rings is 1. The van der Waals surface area contributed by atoms with Gasteiger partial charge in [0.05, 0.1) is 12.1 Å². The minimum atomic E-state index is -2.89. The van der Waals surface area contributed by atoms with Crippen molar-refractivity contribution >= 4 is 34.0 Å². The molecule has 9 heteroatoms. The summed E-state index contributed by atoms with van der Waals surface area (Å²) >= 11 is 0. The molecule has 2 aromatic heterocycles. The minimum absolute atomic E-state index is 0.122. The number of para-hydroxylation sites is 1. The Bertz CT molecular complexity index is 1230. The zero-order valence-electron chi connectivity index (χ0n) is 16.5. The van der Waals surface area contributed by atoms with Crippen molar-refractivity contribution in [2.24, 2.45) is 0 Å². The fourth-order valence-corrected chi connectivity index (χ4v) is 3.16. The lowest BCUT2D eigenvalue weighted by atomic mass is 10.2. The molecular weight excluding hydrogens is 404 g/mol. The van der Waals surface area contributed by atoms with Crippen LogP contribution in [0.4, 0.5) is 26.0 Å². The maximum Gasteiger partial charge on any atom is 0.387 e. The van der Waals surface area contributed by atoms with Gasteiger partial charge in [-0.3, -0.25) is 9.48 Å². The van der Waals surface area contributed by atoms with E-state index in [0.29, 0.717) is 22.6 Å². The largest absolute Gasteiger partial charge is 0.434 e. The fourth-order valence-electron chi connectivity index (χ4n) is 3.16. The molecule has 2 aromatic carbocycles. The maximum atomic E-state index is 12.6. The van der Waals surface area contributed by atoms with Crippen molar-refractivity contribution in [1.29, 1.82) is 0 Å². The molecule has 0 saturated carbocycles. The average molecular weight is 423 g/mol. The number of halogens is 2. The van der Waals surface area contributed by atoms with E-state index in [9.17, 15) is 13.6 Å². The number of hydrogen-bond acceptors (Lipinski definition) is 5. The monoisotopic (exact) mass is 423 g/mol. The van der Waals surface area contributed by atoms with Crippen molar-refractivity contribution in [3.05, 3.63) is 72.6 Å². The van der Waals surface area contributed by atoms with E-state index in [1.807, 2.05) is 12.1 Å². The third kappa shape index (κ3) is 5.13. The fraction of sp³-hybridized carbons (Fsp3) is 0.136. The third-order valence-electron chi connectivity index (χ3n) is 4.41. The molecule has 0 spiro atoms. The normalized spacial score (nSPS) is 11.0. The van der Waals surface area contributed by atoms with Crippen LogP contribution in [0.5, 0.6) is 5.75 Å². The summed E-state index contributed by atoms with van der Waals surface area (Å²) in [5, 5.41) is 11.2. The highest BCUT2D eigenvalue weighted by Crippen LogP contribution is 2.24. The topological polar surface area (TPSA) is 81.1 Å². The van der Waals surface area contributed by atoms with Crippen LogP contribution in [0.2, 0.25) is 0 Å². The Labute approximate surface area is 176 Å². The highest BCUT2D eigenvalue weighted by molar-refractivity contribution is 5.89. The summed E-state index contributed by atoms with van der Waals surface area (Å²) in [5.74, 6) is 0.554. The molecule has 4 aromatic rings. The summed E-state index contributed by atoms with van der Waals surface area (Å²) in [6.07, 6.45) is 3.48. The number of amides is 1. The molecule has 0 atom stereocenters. The van der Waals surface area contributed by atoms with Crippen LogP contribution in [0.25, 0.3) is 10.9 Å². The number of ether oxygens (including phenoxy) is 1. The second-order valence-electron chi connectivity index (χ2n) is 6.83. The van der Waals surface area contributed by atoms with Gasteiger partial charge in [-0.05, 0) is 24.3 Å². The van der Waals surface area contributed by atoms with Gasteiger partial charge in [0.25, 0.3) is 0 Å². The zero-order chi connectivity index (χ0) is 21.8. The quantitative estimate of drug-likeness (QED) is 0.447. The lowest BCUT2D eigenvalue weighted by molar-refractivity contribution is -0.114. The number of aromatic nitrogens is 3. The summed E-state index contributed by atoms with van der Waals surface area (Å²) in [7, 11) is 0. The zero-order valence-corrected chi connectivity index (χ0v) is 16.5. The van der Waals surface area contributed by atoms with Gasteiger partial charge in [-0.15, -0.1) is 0 Å². The molecule has 2 heterocycles. The predicted molar refractivity (Wildman–Crippen MR) is 114 cm³/mol. The Kier molecular flexibility index (Phi) is 5.74. The molecule has 0 saturated heterocycles. The van der Waals surface area contributed by atoms with E-state index in [0.717, 1.165) is 11.1 Å². The number of carbonyl (C=O) groups is 1. The number of nitrogens with one attached hydrogen (secondary N) is 2. The van der Waals surface area contributed by atoms with Crippen molar-refractivity contribution in [1.82, 2.24) is 14.8 Å². The number of benzene rings is 2. The summed E-state index contributed by atoms with van der Waals surface area (Å²) in [5.41, 5.74) is 2.72. The van der Waals surface area contributed by atoms with E-state index in [1.165, 1.54) is 13.0 Å². The number of rotatable bonds is 7. The molecule has 0 radical (unpaired) electrons. The molecule has 0 unspecified atom stereocenters. The van der Waals surface area contributed by atoms with Crippen molar-refractivity contribution in [2.75, 3.05) is 10.6 Å². The van der Waals surface area contributed by atoms with Crippen molar-refractivity contribution in [3.8, 4) is 5.75 Å². The Morgan fingerprint density at radius 3 is 2.74 bits per heavy atom. The first kappa shape index (κ1) is 20.3. The lowest BCUT2D eigenvalue weighted by Gasteiger charge is -2.10. The van der Waals surface area contributed by atoms with Crippen LogP contribution in [0.3, 0.4) is 0 Å². The van der Waals surface area contributed by atoms with Crippen molar-refractivity contribution in [2.45, 2.75) is 20.1 Å². The highest BCUT2D eigenvalue weighted by Gasteiger charge is 2.11. The van der Waals surface area contributed by atoms with Gasteiger partial charge in [-0.1, -0.05) is 24.3 Å². The van der Waals surface area contributed by atoms with Gasteiger partial charge in [0.15, 0.2) is 0 Å². The maximum absolute atomic E-state index is 12.6. The number of nitrogens with zero attached hydrogens (tertiary/aromatic N) is 3. The predicted octanol–water partition coefficient (Wildman–Crippen LogP) is 4.78. The van der Waals surface area contributed by atoms with E-state index in [-0.39, 0.29) is 18.2 Å². The van der Waals surface area contributed by atoms with Gasteiger partial charge in [-0.25, -0.2) is 4.98 Å². The smallest absolute Gasteiger partial charge is 0.387 e. The average Bonchev–Trinajstić information content (AvgIpc) is 3.10. The van der Waals surface area contributed by atoms with Gasteiger partial charge in [-0.2, -0.15) is 13.9 Å². The van der Waals surface area contributed by atoms with Crippen LogP contribution in [0.1, 0.15) is 12.5 Å². The van der Waals surface area contributed by atoms with Gasteiger partial charge < -0.3 is 15.4 Å². The van der Waals surface area contributed by atoms with E-state index in [4.69, 9.17) is 0 Å². The van der Waals surface area contributed by atoms with E-state index in [2.05, 4.69) is 25.5 Å². The molecule has 0 aliphatic carbocycles. The van der Waals surface area contributed by atoms with E-state index < -0.39 is 6.61 Å². The molecule has 1 amide bonds. The molecule has 0 bridgehead atoms. The second-order valence-corrected chi connectivity index (χ2v) is 6.83. The minimum Gasteiger partial charge on any atom is -0.434 e. The Morgan fingerprint density at radius 2 is 1.94 bits per heavy atom. The third-order valence-corrected chi connectivity index (χ3v) is 4.41. The van der Waals surface area contributed by atoms with E-state index in [1.54, 1.807) is 53.5 Å². The molecule has 2 N–H and O–H groups in total. The van der Waals surface area contributed by atoms with Gasteiger partial charge >= 0.3 is 6.61 Å². The molecule has 7 nitrogen and oxygen atoms in total. The first-order chi connectivity index (χ1) is 15.0. The number of hydrogen-bond donors (Lipinski definition) is 2. The van der Waals surface area contributed by atoms with Crippen LogP contribution in [-0.4, -0.2) is 27.3 Å². The number of alkyl halides is 2.